The highest BCUT2D eigenvalue weighted by Gasteiger charge is 2.39. The topological polar surface area (TPSA) is 26.0 Å². The van der Waals surface area contributed by atoms with Gasteiger partial charge in [0.25, 0.3) is 0 Å². The van der Waals surface area contributed by atoms with Crippen molar-refractivity contribution in [2.24, 2.45) is 17.1 Å². The molecule has 0 spiro atoms. The smallest absolute Gasteiger partial charge is 0.0423 e. The molecule has 1 heterocycles. The molecule has 2 heteroatoms. The van der Waals surface area contributed by atoms with E-state index in [1.165, 1.54) is 29.0 Å². The van der Waals surface area contributed by atoms with Crippen LogP contribution >= 0.6 is 11.3 Å². The van der Waals surface area contributed by atoms with Crippen molar-refractivity contribution >= 4 is 11.3 Å². The Labute approximate surface area is 116 Å². The van der Waals surface area contributed by atoms with Gasteiger partial charge in [-0.05, 0) is 41.7 Å². The minimum Gasteiger partial charge on any atom is -0.323 e. The van der Waals surface area contributed by atoms with E-state index in [-0.39, 0.29) is 11.5 Å². The first-order valence-electron chi connectivity index (χ1n) is 7.07. The molecule has 1 aliphatic carbocycles. The van der Waals surface area contributed by atoms with Gasteiger partial charge in [0.15, 0.2) is 0 Å². The summed E-state index contributed by atoms with van der Waals surface area (Å²) in [5, 5.41) is 0. The third kappa shape index (κ3) is 2.65. The maximum atomic E-state index is 6.54. The summed E-state index contributed by atoms with van der Waals surface area (Å²) in [6.45, 7) is 11.6. The summed E-state index contributed by atoms with van der Waals surface area (Å²) in [5.74, 6) is 0.643. The average Bonchev–Trinajstić information content (AvgIpc) is 2.81. The van der Waals surface area contributed by atoms with Crippen LogP contribution in [-0.4, -0.2) is 0 Å². The molecule has 0 radical (unpaired) electrons. The normalized spacial score (nSPS) is 25.3. The summed E-state index contributed by atoms with van der Waals surface area (Å²) >= 11 is 1.91. The van der Waals surface area contributed by atoms with Gasteiger partial charge in [-0.1, -0.05) is 41.0 Å². The molecule has 0 bridgehead atoms. The molecule has 2 unspecified atom stereocenters. The average molecular weight is 265 g/mol. The van der Waals surface area contributed by atoms with Crippen LogP contribution in [0.1, 0.15) is 69.7 Å². The molecular formula is C16H27NS. The van der Waals surface area contributed by atoms with Gasteiger partial charge in [-0.15, -0.1) is 11.3 Å². The lowest BCUT2D eigenvalue weighted by Crippen LogP contribution is -2.29. The molecule has 0 aromatic carbocycles. The van der Waals surface area contributed by atoms with Crippen molar-refractivity contribution in [2.75, 3.05) is 0 Å². The Bertz CT molecular complexity index is 411. The number of thiophene rings is 1. The Balaban J connectivity index is 2.19. The lowest BCUT2D eigenvalue weighted by molar-refractivity contribution is 0.224. The Morgan fingerprint density at radius 2 is 2.00 bits per heavy atom. The van der Waals surface area contributed by atoms with Crippen LogP contribution in [0.2, 0.25) is 0 Å². The van der Waals surface area contributed by atoms with E-state index >= 15 is 0 Å². The van der Waals surface area contributed by atoms with E-state index < -0.39 is 0 Å². The maximum absolute atomic E-state index is 6.54. The van der Waals surface area contributed by atoms with E-state index in [2.05, 4.69) is 46.8 Å². The SMILES string of the molecule is CC(C)(C)c1ccc(C(N)C2CCCC2(C)C)s1. The largest absolute Gasteiger partial charge is 0.323 e. The summed E-state index contributed by atoms with van der Waals surface area (Å²) in [6, 6.07) is 4.75. The fourth-order valence-electron chi connectivity index (χ4n) is 3.15. The molecule has 18 heavy (non-hydrogen) atoms. The zero-order valence-corrected chi connectivity index (χ0v) is 13.2. The Kier molecular flexibility index (Phi) is 3.63. The zero-order valence-electron chi connectivity index (χ0n) is 12.4. The second kappa shape index (κ2) is 4.64. The molecule has 1 fully saturated rings. The molecule has 1 nitrogen and oxygen atoms in total. The monoisotopic (exact) mass is 265 g/mol. The molecule has 1 saturated carbocycles. The molecule has 1 aromatic heterocycles. The lowest BCUT2D eigenvalue weighted by atomic mass is 9.77. The van der Waals surface area contributed by atoms with Crippen LogP contribution < -0.4 is 5.73 Å². The van der Waals surface area contributed by atoms with Crippen LogP contribution in [-0.2, 0) is 5.41 Å². The molecule has 102 valence electrons. The van der Waals surface area contributed by atoms with Gasteiger partial charge in [0.05, 0.1) is 0 Å². The number of nitrogens with two attached hydrogens (primary N) is 1. The van der Waals surface area contributed by atoms with Crippen LogP contribution in [0.25, 0.3) is 0 Å². The van der Waals surface area contributed by atoms with Crippen LogP contribution in [0.3, 0.4) is 0 Å². The number of hydrogen-bond acceptors (Lipinski definition) is 2. The minimum atomic E-state index is 0.226. The van der Waals surface area contributed by atoms with Gasteiger partial charge in [0, 0.05) is 15.8 Å². The van der Waals surface area contributed by atoms with Crippen molar-refractivity contribution in [3.63, 3.8) is 0 Å². The van der Waals surface area contributed by atoms with Gasteiger partial charge in [-0.3, -0.25) is 0 Å². The first-order valence-corrected chi connectivity index (χ1v) is 7.89. The van der Waals surface area contributed by atoms with E-state index in [4.69, 9.17) is 5.73 Å². The third-order valence-electron chi connectivity index (χ3n) is 4.47. The summed E-state index contributed by atoms with van der Waals surface area (Å²) in [7, 11) is 0. The first kappa shape index (κ1) is 14.1. The number of rotatable bonds is 2. The standard InChI is InChI=1S/C16H27NS/c1-15(2,3)13-9-8-12(18-13)14(17)11-7-6-10-16(11,4)5/h8-9,11,14H,6-7,10,17H2,1-5H3. The first-order chi connectivity index (χ1) is 8.22. The van der Waals surface area contributed by atoms with Gasteiger partial charge in [-0.25, -0.2) is 0 Å². The van der Waals surface area contributed by atoms with Crippen molar-refractivity contribution in [2.45, 2.75) is 65.3 Å². The summed E-state index contributed by atoms with van der Waals surface area (Å²) in [6.07, 6.45) is 3.95. The van der Waals surface area contributed by atoms with Gasteiger partial charge >= 0.3 is 0 Å². The second-order valence-corrected chi connectivity index (χ2v) is 8.58. The van der Waals surface area contributed by atoms with E-state index in [1.54, 1.807) is 0 Å². The van der Waals surface area contributed by atoms with Gasteiger partial charge in [0.2, 0.25) is 0 Å². The highest BCUT2D eigenvalue weighted by Crippen LogP contribution is 2.49. The van der Waals surface area contributed by atoms with Crippen LogP contribution in [0.15, 0.2) is 12.1 Å². The predicted octanol–water partition coefficient (Wildman–Crippen LogP) is 4.87. The maximum Gasteiger partial charge on any atom is 0.0423 e. The van der Waals surface area contributed by atoms with Crippen molar-refractivity contribution in [1.82, 2.24) is 0 Å². The summed E-state index contributed by atoms with van der Waals surface area (Å²) in [5.41, 5.74) is 7.19. The van der Waals surface area contributed by atoms with Gasteiger partial charge < -0.3 is 5.73 Å². The lowest BCUT2D eigenvalue weighted by Gasteiger charge is -2.31. The molecule has 0 aliphatic heterocycles. The quantitative estimate of drug-likeness (QED) is 0.811. The van der Waals surface area contributed by atoms with Crippen molar-refractivity contribution in [1.29, 1.82) is 0 Å². The second-order valence-electron chi connectivity index (χ2n) is 7.47. The fraction of sp³-hybridized carbons (Fsp3) is 0.750. The third-order valence-corrected chi connectivity index (χ3v) is 6.08. The zero-order chi connectivity index (χ0) is 13.6. The molecule has 1 aliphatic rings. The number of hydrogen-bond donors (Lipinski definition) is 1. The van der Waals surface area contributed by atoms with Gasteiger partial charge in [-0.2, -0.15) is 0 Å². The van der Waals surface area contributed by atoms with Crippen LogP contribution in [0.4, 0.5) is 0 Å². The van der Waals surface area contributed by atoms with Crippen LogP contribution in [0.5, 0.6) is 0 Å². The van der Waals surface area contributed by atoms with E-state index in [0.717, 1.165) is 0 Å². The molecule has 0 amide bonds. The highest BCUT2D eigenvalue weighted by molar-refractivity contribution is 7.12. The molecule has 2 rings (SSSR count). The molecule has 2 atom stereocenters. The Hall–Kier alpha value is -0.340. The molecule has 0 saturated heterocycles. The Morgan fingerprint density at radius 3 is 2.44 bits per heavy atom. The molecule has 2 N–H and O–H groups in total. The Morgan fingerprint density at radius 1 is 1.33 bits per heavy atom. The van der Waals surface area contributed by atoms with E-state index in [1.807, 2.05) is 11.3 Å². The molecular weight excluding hydrogens is 238 g/mol. The van der Waals surface area contributed by atoms with E-state index in [0.29, 0.717) is 11.3 Å². The summed E-state index contributed by atoms with van der Waals surface area (Å²) < 4.78 is 0. The fourth-order valence-corrected chi connectivity index (χ4v) is 4.29. The minimum absolute atomic E-state index is 0.226. The predicted molar refractivity (Wildman–Crippen MR) is 81.1 cm³/mol. The highest BCUT2D eigenvalue weighted by atomic mass is 32.1. The van der Waals surface area contributed by atoms with Crippen molar-refractivity contribution in [3.05, 3.63) is 21.9 Å². The van der Waals surface area contributed by atoms with Crippen LogP contribution in [0, 0.1) is 11.3 Å². The van der Waals surface area contributed by atoms with E-state index in [9.17, 15) is 0 Å². The van der Waals surface area contributed by atoms with Crippen molar-refractivity contribution < 1.29 is 0 Å². The molecule has 1 aromatic rings. The van der Waals surface area contributed by atoms with Crippen molar-refractivity contribution in [3.8, 4) is 0 Å². The summed E-state index contributed by atoms with van der Waals surface area (Å²) in [4.78, 5) is 2.82. The van der Waals surface area contributed by atoms with Gasteiger partial charge in [0.1, 0.15) is 0 Å².